The highest BCUT2D eigenvalue weighted by Gasteiger charge is 2.37. The first-order valence-corrected chi connectivity index (χ1v) is 7.83. The summed E-state index contributed by atoms with van der Waals surface area (Å²) in [6.45, 7) is 6.38. The summed E-state index contributed by atoms with van der Waals surface area (Å²) < 4.78 is 5.79. The Morgan fingerprint density at radius 2 is 2.05 bits per heavy atom. The molecule has 0 spiro atoms. The van der Waals surface area contributed by atoms with Crippen molar-refractivity contribution in [2.24, 2.45) is 0 Å². The summed E-state index contributed by atoms with van der Waals surface area (Å²) in [5, 5.41) is 3.56. The Kier molecular flexibility index (Phi) is 4.11. The molecule has 2 aliphatic rings. The third-order valence-corrected chi connectivity index (χ3v) is 4.88. The third kappa shape index (κ3) is 2.50. The van der Waals surface area contributed by atoms with Crippen LogP contribution >= 0.6 is 0 Å². The summed E-state index contributed by atoms with van der Waals surface area (Å²) >= 11 is 0. The van der Waals surface area contributed by atoms with Crippen LogP contribution in [0.1, 0.15) is 37.4 Å². The first-order chi connectivity index (χ1) is 9.70. The standard InChI is InChI=1S/C17H26N2O/c1-12-11-20-13(2)10-19(12)16-9-8-14-6-4-5-7-15(14)17(16)18-3/h4-7,12-13,16-18H,8-11H2,1-3H3. The highest BCUT2D eigenvalue weighted by molar-refractivity contribution is 5.34. The van der Waals surface area contributed by atoms with E-state index in [1.165, 1.54) is 24.0 Å². The number of rotatable bonds is 2. The minimum absolute atomic E-state index is 0.348. The molecule has 1 fully saturated rings. The van der Waals surface area contributed by atoms with Crippen molar-refractivity contribution in [2.45, 2.75) is 50.9 Å². The molecule has 110 valence electrons. The van der Waals surface area contributed by atoms with Crippen molar-refractivity contribution in [3.8, 4) is 0 Å². The zero-order chi connectivity index (χ0) is 14.1. The van der Waals surface area contributed by atoms with Crippen LogP contribution in [0.25, 0.3) is 0 Å². The largest absolute Gasteiger partial charge is 0.376 e. The van der Waals surface area contributed by atoms with Crippen LogP contribution in [0.3, 0.4) is 0 Å². The number of benzene rings is 1. The Labute approximate surface area is 122 Å². The quantitative estimate of drug-likeness (QED) is 0.896. The SMILES string of the molecule is CNC1c2ccccc2CCC1N1CC(C)OCC1C. The molecular weight excluding hydrogens is 248 g/mol. The van der Waals surface area contributed by atoms with Crippen LogP contribution in [0.4, 0.5) is 0 Å². The number of nitrogens with zero attached hydrogens (tertiary/aromatic N) is 1. The lowest BCUT2D eigenvalue weighted by molar-refractivity contribution is -0.0737. The zero-order valence-electron chi connectivity index (χ0n) is 12.8. The lowest BCUT2D eigenvalue weighted by atomic mass is 9.82. The molecule has 0 saturated carbocycles. The molecule has 1 heterocycles. The summed E-state index contributed by atoms with van der Waals surface area (Å²) in [6, 6.07) is 10.4. The predicted molar refractivity (Wildman–Crippen MR) is 81.9 cm³/mol. The van der Waals surface area contributed by atoms with Gasteiger partial charge in [0.25, 0.3) is 0 Å². The van der Waals surface area contributed by atoms with Crippen molar-refractivity contribution >= 4 is 0 Å². The van der Waals surface area contributed by atoms with Crippen molar-refractivity contribution < 1.29 is 4.74 Å². The molecule has 4 atom stereocenters. The number of morpholine rings is 1. The molecule has 0 bridgehead atoms. The molecule has 1 aliphatic heterocycles. The first kappa shape index (κ1) is 14.1. The van der Waals surface area contributed by atoms with Gasteiger partial charge in [-0.25, -0.2) is 0 Å². The monoisotopic (exact) mass is 274 g/mol. The van der Waals surface area contributed by atoms with Crippen molar-refractivity contribution in [1.29, 1.82) is 0 Å². The minimum atomic E-state index is 0.348. The zero-order valence-corrected chi connectivity index (χ0v) is 12.8. The van der Waals surface area contributed by atoms with E-state index < -0.39 is 0 Å². The number of likely N-dealkylation sites (N-methyl/N-ethyl adjacent to an activating group) is 1. The number of hydrogen-bond acceptors (Lipinski definition) is 3. The topological polar surface area (TPSA) is 24.5 Å². The molecule has 3 rings (SSSR count). The van der Waals surface area contributed by atoms with Gasteiger partial charge in [-0.3, -0.25) is 4.90 Å². The van der Waals surface area contributed by atoms with E-state index in [1.54, 1.807) is 0 Å². The van der Waals surface area contributed by atoms with Gasteiger partial charge in [-0.15, -0.1) is 0 Å². The maximum Gasteiger partial charge on any atom is 0.0674 e. The van der Waals surface area contributed by atoms with Crippen LogP contribution in [0, 0.1) is 0 Å². The summed E-state index contributed by atoms with van der Waals surface area (Å²) in [4.78, 5) is 2.66. The average Bonchev–Trinajstić information content (AvgIpc) is 2.48. The Morgan fingerprint density at radius 3 is 2.85 bits per heavy atom. The van der Waals surface area contributed by atoms with Crippen LogP contribution in [0.2, 0.25) is 0 Å². The van der Waals surface area contributed by atoms with E-state index >= 15 is 0 Å². The van der Waals surface area contributed by atoms with E-state index in [9.17, 15) is 0 Å². The Morgan fingerprint density at radius 1 is 1.25 bits per heavy atom. The van der Waals surface area contributed by atoms with Gasteiger partial charge >= 0.3 is 0 Å². The number of ether oxygens (including phenoxy) is 1. The molecule has 1 aliphatic carbocycles. The highest BCUT2D eigenvalue weighted by Crippen LogP contribution is 2.34. The van der Waals surface area contributed by atoms with Gasteiger partial charge in [-0.2, -0.15) is 0 Å². The number of aryl methyl sites for hydroxylation is 1. The second kappa shape index (κ2) is 5.84. The lowest BCUT2D eigenvalue weighted by Crippen LogP contribution is -2.56. The molecule has 3 nitrogen and oxygen atoms in total. The molecule has 0 amide bonds. The van der Waals surface area contributed by atoms with E-state index in [-0.39, 0.29) is 0 Å². The van der Waals surface area contributed by atoms with Crippen molar-refractivity contribution in [3.05, 3.63) is 35.4 Å². The molecule has 1 aromatic carbocycles. The predicted octanol–water partition coefficient (Wildman–Crippen LogP) is 2.37. The summed E-state index contributed by atoms with van der Waals surface area (Å²) in [5.41, 5.74) is 3.00. The molecule has 20 heavy (non-hydrogen) atoms. The fourth-order valence-corrected chi connectivity index (χ4v) is 3.84. The number of nitrogens with one attached hydrogen (secondary N) is 1. The average molecular weight is 274 g/mol. The first-order valence-electron chi connectivity index (χ1n) is 7.83. The number of hydrogen-bond donors (Lipinski definition) is 1. The Balaban J connectivity index is 1.87. The van der Waals surface area contributed by atoms with Crippen molar-refractivity contribution in [2.75, 3.05) is 20.2 Å². The molecule has 1 aromatic rings. The molecule has 0 aromatic heterocycles. The van der Waals surface area contributed by atoms with Gasteiger partial charge in [0.1, 0.15) is 0 Å². The second-order valence-electron chi connectivity index (χ2n) is 6.26. The van der Waals surface area contributed by atoms with Crippen LogP contribution in [0.15, 0.2) is 24.3 Å². The van der Waals surface area contributed by atoms with E-state index in [1.807, 2.05) is 0 Å². The molecule has 4 unspecified atom stereocenters. The fourth-order valence-electron chi connectivity index (χ4n) is 3.84. The lowest BCUT2D eigenvalue weighted by Gasteiger charge is -2.47. The van der Waals surface area contributed by atoms with Crippen LogP contribution < -0.4 is 5.32 Å². The van der Waals surface area contributed by atoms with Crippen LogP contribution in [-0.2, 0) is 11.2 Å². The maximum absolute atomic E-state index is 5.79. The van der Waals surface area contributed by atoms with E-state index in [0.29, 0.717) is 24.2 Å². The van der Waals surface area contributed by atoms with Crippen LogP contribution in [0.5, 0.6) is 0 Å². The fraction of sp³-hybridized carbons (Fsp3) is 0.647. The van der Waals surface area contributed by atoms with Gasteiger partial charge in [0.2, 0.25) is 0 Å². The molecule has 1 saturated heterocycles. The number of fused-ring (bicyclic) bond motifs is 1. The molecule has 1 N–H and O–H groups in total. The van der Waals surface area contributed by atoms with Gasteiger partial charge in [0.15, 0.2) is 0 Å². The summed E-state index contributed by atoms with van der Waals surface area (Å²) in [6.07, 6.45) is 2.78. The molecular formula is C17H26N2O. The van der Waals surface area contributed by atoms with E-state index in [0.717, 1.165) is 13.2 Å². The molecule has 3 heteroatoms. The van der Waals surface area contributed by atoms with Crippen LogP contribution in [-0.4, -0.2) is 43.3 Å². The summed E-state index contributed by atoms with van der Waals surface area (Å²) in [5.74, 6) is 0. The second-order valence-corrected chi connectivity index (χ2v) is 6.26. The van der Waals surface area contributed by atoms with Crippen molar-refractivity contribution in [1.82, 2.24) is 10.2 Å². The molecule has 0 radical (unpaired) electrons. The Bertz CT molecular complexity index is 462. The van der Waals surface area contributed by atoms with Crippen molar-refractivity contribution in [3.63, 3.8) is 0 Å². The smallest absolute Gasteiger partial charge is 0.0674 e. The highest BCUT2D eigenvalue weighted by atomic mass is 16.5. The van der Waals surface area contributed by atoms with Gasteiger partial charge in [0, 0.05) is 24.7 Å². The van der Waals surface area contributed by atoms with Gasteiger partial charge < -0.3 is 10.1 Å². The minimum Gasteiger partial charge on any atom is -0.376 e. The van der Waals surface area contributed by atoms with E-state index in [2.05, 4.69) is 55.4 Å². The summed E-state index contributed by atoms with van der Waals surface area (Å²) in [7, 11) is 2.09. The Hall–Kier alpha value is -0.900. The third-order valence-electron chi connectivity index (χ3n) is 4.88. The van der Waals surface area contributed by atoms with E-state index in [4.69, 9.17) is 4.74 Å². The van der Waals surface area contributed by atoms with Gasteiger partial charge in [-0.1, -0.05) is 24.3 Å². The normalized spacial score (nSPS) is 34.8. The maximum atomic E-state index is 5.79. The van der Waals surface area contributed by atoms with Gasteiger partial charge in [0.05, 0.1) is 12.7 Å². The van der Waals surface area contributed by atoms with Gasteiger partial charge in [-0.05, 0) is 44.9 Å².